The third-order valence-corrected chi connectivity index (χ3v) is 3.33. The normalized spacial score (nSPS) is 26.1. The van der Waals surface area contributed by atoms with Gasteiger partial charge in [0.25, 0.3) is 0 Å². The van der Waals surface area contributed by atoms with Gasteiger partial charge in [-0.2, -0.15) is 0 Å². The Hall–Kier alpha value is -0.790. The van der Waals surface area contributed by atoms with Gasteiger partial charge in [-0.05, 0) is 19.3 Å². The van der Waals surface area contributed by atoms with E-state index in [4.69, 9.17) is 4.74 Å². The van der Waals surface area contributed by atoms with Crippen molar-refractivity contribution >= 4 is 5.97 Å². The predicted octanol–water partition coefficient (Wildman–Crippen LogP) is 3.46. The maximum Gasteiger partial charge on any atom is 0.330 e. The summed E-state index contributed by atoms with van der Waals surface area (Å²) in [4.78, 5) is 11.2. The van der Waals surface area contributed by atoms with Crippen molar-refractivity contribution in [3.8, 4) is 0 Å². The lowest BCUT2D eigenvalue weighted by Crippen LogP contribution is -2.34. The summed E-state index contributed by atoms with van der Waals surface area (Å²) in [5, 5.41) is 0. The quantitative estimate of drug-likeness (QED) is 0.515. The van der Waals surface area contributed by atoms with Gasteiger partial charge in [0.2, 0.25) is 0 Å². The highest BCUT2D eigenvalue weighted by Crippen LogP contribution is 2.35. The fourth-order valence-electron chi connectivity index (χ4n) is 2.22. The number of carbonyl (C=O) groups is 1. The van der Waals surface area contributed by atoms with Crippen molar-refractivity contribution in [2.75, 3.05) is 0 Å². The lowest BCUT2D eigenvalue weighted by molar-refractivity contribution is -0.150. The topological polar surface area (TPSA) is 26.3 Å². The molecule has 0 aliphatic heterocycles. The van der Waals surface area contributed by atoms with Crippen molar-refractivity contribution in [2.45, 2.75) is 58.5 Å². The minimum absolute atomic E-state index is 0.0586. The van der Waals surface area contributed by atoms with Crippen LogP contribution >= 0.6 is 0 Å². The smallest absolute Gasteiger partial charge is 0.330 e. The standard InChI is InChI=1S/C13H22O2/c1-4-12(14)15-11-9-7-5-6-8-10-13(11,2)3/h4,11H,1,5-10H2,2-3H3. The van der Waals surface area contributed by atoms with Gasteiger partial charge in [-0.1, -0.05) is 39.7 Å². The van der Waals surface area contributed by atoms with Gasteiger partial charge in [-0.15, -0.1) is 0 Å². The minimum Gasteiger partial charge on any atom is -0.459 e. The molecule has 1 aliphatic rings. The molecule has 0 saturated heterocycles. The average Bonchev–Trinajstić information content (AvgIpc) is 2.18. The second-order valence-corrected chi connectivity index (χ2v) is 5.07. The Balaban J connectivity index is 2.62. The van der Waals surface area contributed by atoms with E-state index in [1.165, 1.54) is 31.8 Å². The third-order valence-electron chi connectivity index (χ3n) is 3.33. The molecule has 0 radical (unpaired) electrons. The largest absolute Gasteiger partial charge is 0.459 e. The summed E-state index contributed by atoms with van der Waals surface area (Å²) in [7, 11) is 0. The molecule has 1 unspecified atom stereocenters. The Bertz CT molecular complexity index is 231. The third kappa shape index (κ3) is 3.69. The molecule has 0 heterocycles. The van der Waals surface area contributed by atoms with Crippen LogP contribution in [0.25, 0.3) is 0 Å². The molecule has 0 spiro atoms. The van der Waals surface area contributed by atoms with Gasteiger partial charge >= 0.3 is 5.97 Å². The van der Waals surface area contributed by atoms with Crippen molar-refractivity contribution in [3.05, 3.63) is 12.7 Å². The molecule has 2 nitrogen and oxygen atoms in total. The lowest BCUT2D eigenvalue weighted by Gasteiger charge is -2.35. The summed E-state index contributed by atoms with van der Waals surface area (Å²) >= 11 is 0. The zero-order chi connectivity index (χ0) is 11.3. The average molecular weight is 210 g/mol. The molecule has 1 aliphatic carbocycles. The molecule has 1 atom stereocenters. The van der Waals surface area contributed by atoms with Crippen molar-refractivity contribution < 1.29 is 9.53 Å². The Morgan fingerprint density at radius 1 is 1.33 bits per heavy atom. The zero-order valence-electron chi connectivity index (χ0n) is 9.92. The number of rotatable bonds is 2. The molecule has 0 amide bonds. The van der Waals surface area contributed by atoms with E-state index in [0.29, 0.717) is 0 Å². The van der Waals surface area contributed by atoms with E-state index in [0.717, 1.165) is 12.8 Å². The zero-order valence-corrected chi connectivity index (χ0v) is 9.92. The number of hydrogen-bond donors (Lipinski definition) is 0. The van der Waals surface area contributed by atoms with E-state index in [-0.39, 0.29) is 17.5 Å². The van der Waals surface area contributed by atoms with Crippen molar-refractivity contribution in [3.63, 3.8) is 0 Å². The highest BCUT2D eigenvalue weighted by Gasteiger charge is 2.32. The monoisotopic (exact) mass is 210 g/mol. The van der Waals surface area contributed by atoms with Crippen LogP contribution in [0.1, 0.15) is 52.4 Å². The van der Waals surface area contributed by atoms with Gasteiger partial charge in [0.1, 0.15) is 6.10 Å². The molecule has 1 fully saturated rings. The van der Waals surface area contributed by atoms with Crippen LogP contribution in [0.2, 0.25) is 0 Å². The lowest BCUT2D eigenvalue weighted by atomic mass is 9.77. The van der Waals surface area contributed by atoms with Crippen LogP contribution in [0.4, 0.5) is 0 Å². The van der Waals surface area contributed by atoms with E-state index in [9.17, 15) is 4.79 Å². The molecule has 0 aromatic heterocycles. The Labute approximate surface area is 92.7 Å². The molecular formula is C13H22O2. The second-order valence-electron chi connectivity index (χ2n) is 5.07. The fraction of sp³-hybridized carbons (Fsp3) is 0.769. The first-order valence-electron chi connectivity index (χ1n) is 5.89. The van der Waals surface area contributed by atoms with Crippen molar-refractivity contribution in [2.24, 2.45) is 5.41 Å². The van der Waals surface area contributed by atoms with Crippen molar-refractivity contribution in [1.82, 2.24) is 0 Å². The van der Waals surface area contributed by atoms with Crippen LogP contribution in [-0.4, -0.2) is 12.1 Å². The number of esters is 1. The van der Waals surface area contributed by atoms with Crippen LogP contribution in [0.5, 0.6) is 0 Å². The first kappa shape index (κ1) is 12.3. The van der Waals surface area contributed by atoms with E-state index in [1.807, 2.05) is 0 Å². The van der Waals surface area contributed by atoms with E-state index < -0.39 is 0 Å². The summed E-state index contributed by atoms with van der Waals surface area (Å²) in [5.41, 5.74) is 0.110. The molecule has 2 heteroatoms. The van der Waals surface area contributed by atoms with Crippen LogP contribution in [0.15, 0.2) is 12.7 Å². The molecule has 0 bridgehead atoms. The number of hydrogen-bond acceptors (Lipinski definition) is 2. The second kappa shape index (κ2) is 5.34. The van der Waals surface area contributed by atoms with E-state index in [2.05, 4.69) is 20.4 Å². The fourth-order valence-corrected chi connectivity index (χ4v) is 2.22. The number of carbonyl (C=O) groups excluding carboxylic acids is 1. The Morgan fingerprint density at radius 3 is 2.67 bits per heavy atom. The molecule has 86 valence electrons. The molecule has 0 aromatic carbocycles. The maximum absolute atomic E-state index is 11.2. The summed E-state index contributed by atoms with van der Waals surface area (Å²) in [5.74, 6) is -0.284. The van der Waals surface area contributed by atoms with Gasteiger partial charge < -0.3 is 4.74 Å². The molecule has 0 N–H and O–H groups in total. The van der Waals surface area contributed by atoms with Crippen LogP contribution in [0, 0.1) is 5.41 Å². The van der Waals surface area contributed by atoms with Crippen molar-refractivity contribution in [1.29, 1.82) is 0 Å². The molecule has 1 saturated carbocycles. The minimum atomic E-state index is -0.284. The first-order chi connectivity index (χ1) is 7.06. The van der Waals surface area contributed by atoms with Crippen LogP contribution < -0.4 is 0 Å². The maximum atomic E-state index is 11.2. The molecule has 1 rings (SSSR count). The van der Waals surface area contributed by atoms with Gasteiger partial charge in [-0.3, -0.25) is 0 Å². The molecular weight excluding hydrogens is 188 g/mol. The van der Waals surface area contributed by atoms with Gasteiger partial charge in [0.05, 0.1) is 0 Å². The SMILES string of the molecule is C=CC(=O)OC1CCCCCCC1(C)C. The molecule has 0 aromatic rings. The Kier molecular flexibility index (Phi) is 4.37. The van der Waals surface area contributed by atoms with Gasteiger partial charge in [0, 0.05) is 11.5 Å². The Morgan fingerprint density at radius 2 is 2.00 bits per heavy atom. The number of ether oxygens (including phenoxy) is 1. The first-order valence-corrected chi connectivity index (χ1v) is 5.89. The summed E-state index contributed by atoms with van der Waals surface area (Å²) in [6.07, 6.45) is 8.43. The highest BCUT2D eigenvalue weighted by atomic mass is 16.5. The van der Waals surface area contributed by atoms with Crippen LogP contribution in [0.3, 0.4) is 0 Å². The summed E-state index contributed by atoms with van der Waals surface area (Å²) < 4.78 is 5.43. The van der Waals surface area contributed by atoms with Gasteiger partial charge in [-0.25, -0.2) is 4.79 Å². The van der Waals surface area contributed by atoms with Gasteiger partial charge in [0.15, 0.2) is 0 Å². The van der Waals surface area contributed by atoms with E-state index >= 15 is 0 Å². The highest BCUT2D eigenvalue weighted by molar-refractivity contribution is 5.81. The predicted molar refractivity (Wildman–Crippen MR) is 61.6 cm³/mol. The van der Waals surface area contributed by atoms with E-state index in [1.54, 1.807) is 0 Å². The molecule has 15 heavy (non-hydrogen) atoms. The summed E-state index contributed by atoms with van der Waals surface area (Å²) in [6, 6.07) is 0. The van der Waals surface area contributed by atoms with Crippen LogP contribution in [-0.2, 0) is 9.53 Å². The summed E-state index contributed by atoms with van der Waals surface area (Å²) in [6.45, 7) is 7.83.